The summed E-state index contributed by atoms with van der Waals surface area (Å²) < 4.78 is 0.872. The average molecular weight is 412 g/mol. The van der Waals surface area contributed by atoms with E-state index in [1.165, 1.54) is 23.1 Å². The lowest BCUT2D eigenvalue weighted by Gasteiger charge is -2.22. The Hall–Kier alpha value is -3.06. The maximum atomic E-state index is 13.1. The lowest BCUT2D eigenvalue weighted by atomic mass is 10.1. The zero-order valence-corrected chi connectivity index (χ0v) is 15.2. The van der Waals surface area contributed by atoms with Crippen molar-refractivity contribution in [2.24, 2.45) is 0 Å². The molecule has 0 unspecified atom stereocenters. The predicted octanol–water partition coefficient (Wildman–Crippen LogP) is 4.60. The minimum Gasteiger partial charge on any atom is -0.302 e. The highest BCUT2D eigenvalue weighted by atomic mass is 79.9. The van der Waals surface area contributed by atoms with Crippen LogP contribution < -0.4 is 4.90 Å². The SMILES string of the molecule is O=C(c1ccccc1[N+](=O)[O-])N(Cc1ccccn1)c1ccc(Br)cc1. The normalized spacial score (nSPS) is 10.3. The average Bonchev–Trinajstić information content (AvgIpc) is 2.67. The molecule has 2 aromatic carbocycles. The van der Waals surface area contributed by atoms with Crippen molar-refractivity contribution < 1.29 is 9.72 Å². The summed E-state index contributed by atoms with van der Waals surface area (Å²) in [6.45, 7) is 0.202. The van der Waals surface area contributed by atoms with E-state index in [0.717, 1.165) is 4.47 Å². The van der Waals surface area contributed by atoms with E-state index in [2.05, 4.69) is 20.9 Å². The number of pyridine rings is 1. The third-order valence-electron chi connectivity index (χ3n) is 3.76. The minimum atomic E-state index is -0.548. The molecule has 1 amide bonds. The summed E-state index contributed by atoms with van der Waals surface area (Å²) in [5.41, 5.74) is 1.13. The molecule has 0 atom stereocenters. The Morgan fingerprint density at radius 3 is 2.38 bits per heavy atom. The highest BCUT2D eigenvalue weighted by Crippen LogP contribution is 2.26. The number of aromatic nitrogens is 1. The van der Waals surface area contributed by atoms with Gasteiger partial charge in [0.15, 0.2) is 0 Å². The molecule has 7 heteroatoms. The Balaban J connectivity index is 2.04. The van der Waals surface area contributed by atoms with Gasteiger partial charge in [-0.05, 0) is 42.5 Å². The van der Waals surface area contributed by atoms with Crippen LogP contribution in [0.2, 0.25) is 0 Å². The van der Waals surface area contributed by atoms with Crippen LogP contribution >= 0.6 is 15.9 Å². The molecule has 0 saturated heterocycles. The number of nitrogens with zero attached hydrogens (tertiary/aromatic N) is 3. The quantitative estimate of drug-likeness (QED) is 0.454. The molecule has 0 aliphatic rings. The fourth-order valence-electron chi connectivity index (χ4n) is 2.51. The monoisotopic (exact) mass is 411 g/mol. The van der Waals surface area contributed by atoms with Gasteiger partial charge >= 0.3 is 0 Å². The van der Waals surface area contributed by atoms with Gasteiger partial charge in [-0.1, -0.05) is 34.1 Å². The molecule has 0 fully saturated rings. The van der Waals surface area contributed by atoms with Crippen LogP contribution in [0.1, 0.15) is 16.1 Å². The van der Waals surface area contributed by atoms with Gasteiger partial charge < -0.3 is 4.90 Å². The largest absolute Gasteiger partial charge is 0.302 e. The van der Waals surface area contributed by atoms with Crippen LogP contribution in [0, 0.1) is 10.1 Å². The Kier molecular flexibility index (Phi) is 5.38. The molecule has 0 radical (unpaired) electrons. The number of para-hydroxylation sites is 1. The predicted molar refractivity (Wildman–Crippen MR) is 102 cm³/mol. The second-order valence-corrected chi connectivity index (χ2v) is 6.38. The number of hydrogen-bond acceptors (Lipinski definition) is 4. The van der Waals surface area contributed by atoms with Crippen LogP contribution in [0.4, 0.5) is 11.4 Å². The minimum absolute atomic E-state index is 0.0383. The molecule has 6 nitrogen and oxygen atoms in total. The number of halogens is 1. The van der Waals surface area contributed by atoms with Crippen LogP contribution in [0.5, 0.6) is 0 Å². The smallest absolute Gasteiger partial charge is 0.282 e. The number of benzene rings is 2. The zero-order chi connectivity index (χ0) is 18.5. The van der Waals surface area contributed by atoms with Crippen LogP contribution in [-0.4, -0.2) is 15.8 Å². The Labute approximate surface area is 158 Å². The van der Waals surface area contributed by atoms with Gasteiger partial charge in [0.1, 0.15) is 5.56 Å². The summed E-state index contributed by atoms with van der Waals surface area (Å²) in [4.78, 5) is 29.6. The van der Waals surface area contributed by atoms with Gasteiger partial charge in [0.2, 0.25) is 0 Å². The molecule has 0 N–H and O–H groups in total. The summed E-state index contributed by atoms with van der Waals surface area (Å²) in [7, 11) is 0. The van der Waals surface area contributed by atoms with Gasteiger partial charge in [-0.3, -0.25) is 19.9 Å². The molecule has 0 spiro atoms. The molecule has 0 aliphatic heterocycles. The van der Waals surface area contributed by atoms with E-state index in [9.17, 15) is 14.9 Å². The van der Waals surface area contributed by atoms with Crippen molar-refractivity contribution in [3.63, 3.8) is 0 Å². The molecule has 1 heterocycles. The van der Waals surface area contributed by atoms with E-state index < -0.39 is 10.8 Å². The van der Waals surface area contributed by atoms with Gasteiger partial charge in [-0.2, -0.15) is 0 Å². The fourth-order valence-corrected chi connectivity index (χ4v) is 2.78. The number of rotatable bonds is 5. The molecular weight excluding hydrogens is 398 g/mol. The maximum Gasteiger partial charge on any atom is 0.282 e. The summed E-state index contributed by atoms with van der Waals surface area (Å²) in [6.07, 6.45) is 1.64. The van der Waals surface area contributed by atoms with Crippen LogP contribution in [0.15, 0.2) is 77.4 Å². The molecule has 26 heavy (non-hydrogen) atoms. The molecule has 130 valence electrons. The van der Waals surface area contributed by atoms with Crippen molar-refractivity contribution in [1.82, 2.24) is 4.98 Å². The van der Waals surface area contributed by atoms with E-state index in [1.54, 1.807) is 36.5 Å². The van der Waals surface area contributed by atoms with Crippen molar-refractivity contribution in [1.29, 1.82) is 0 Å². The number of hydrogen-bond donors (Lipinski definition) is 0. The fraction of sp³-hybridized carbons (Fsp3) is 0.0526. The summed E-state index contributed by atoms with van der Waals surface area (Å²) >= 11 is 3.37. The van der Waals surface area contributed by atoms with Crippen molar-refractivity contribution in [3.05, 3.63) is 98.8 Å². The number of amides is 1. The number of nitro benzene ring substituents is 1. The van der Waals surface area contributed by atoms with Crippen LogP contribution in [0.3, 0.4) is 0 Å². The van der Waals surface area contributed by atoms with Crippen molar-refractivity contribution >= 4 is 33.2 Å². The standard InChI is InChI=1S/C19H14BrN3O3/c20-14-8-10-16(11-9-14)22(13-15-5-3-4-12-21-15)19(24)17-6-1-2-7-18(17)23(25)26/h1-12H,13H2. The van der Waals surface area contributed by atoms with Crippen LogP contribution in [-0.2, 0) is 6.54 Å². The van der Waals surface area contributed by atoms with Gasteiger partial charge in [0.05, 0.1) is 17.2 Å². The second-order valence-electron chi connectivity index (χ2n) is 5.46. The summed E-state index contributed by atoms with van der Waals surface area (Å²) in [5, 5.41) is 11.3. The van der Waals surface area contributed by atoms with Gasteiger partial charge in [-0.25, -0.2) is 0 Å². The third kappa shape index (κ3) is 3.94. The van der Waals surface area contributed by atoms with E-state index >= 15 is 0 Å². The first-order valence-corrected chi connectivity index (χ1v) is 8.56. The van der Waals surface area contributed by atoms with E-state index in [-0.39, 0.29) is 17.8 Å². The van der Waals surface area contributed by atoms with Crippen molar-refractivity contribution in [3.8, 4) is 0 Å². The topological polar surface area (TPSA) is 76.3 Å². The van der Waals surface area contributed by atoms with E-state index in [4.69, 9.17) is 0 Å². The third-order valence-corrected chi connectivity index (χ3v) is 4.29. The van der Waals surface area contributed by atoms with Gasteiger partial charge in [-0.15, -0.1) is 0 Å². The Morgan fingerprint density at radius 1 is 1.04 bits per heavy atom. The highest BCUT2D eigenvalue weighted by Gasteiger charge is 2.25. The molecule has 3 aromatic rings. The molecule has 0 saturated carbocycles. The van der Waals surface area contributed by atoms with Crippen molar-refractivity contribution in [2.45, 2.75) is 6.54 Å². The second kappa shape index (κ2) is 7.88. The Morgan fingerprint density at radius 2 is 1.73 bits per heavy atom. The molecule has 0 aliphatic carbocycles. The van der Waals surface area contributed by atoms with Gasteiger partial charge in [0.25, 0.3) is 11.6 Å². The maximum absolute atomic E-state index is 13.1. The first-order chi connectivity index (χ1) is 12.6. The zero-order valence-electron chi connectivity index (χ0n) is 13.6. The number of carbonyl (C=O) groups excluding carboxylic acids is 1. The number of anilines is 1. The number of carbonyl (C=O) groups is 1. The summed E-state index contributed by atoms with van der Waals surface area (Å²) in [5.74, 6) is -0.453. The van der Waals surface area contributed by atoms with Crippen LogP contribution in [0.25, 0.3) is 0 Å². The Bertz CT molecular complexity index is 930. The lowest BCUT2D eigenvalue weighted by molar-refractivity contribution is -0.385. The lowest BCUT2D eigenvalue weighted by Crippen LogP contribution is -2.31. The van der Waals surface area contributed by atoms with E-state index in [0.29, 0.717) is 11.4 Å². The van der Waals surface area contributed by atoms with Gasteiger partial charge in [0, 0.05) is 22.4 Å². The van der Waals surface area contributed by atoms with E-state index in [1.807, 2.05) is 18.2 Å². The van der Waals surface area contributed by atoms with Crippen molar-refractivity contribution in [2.75, 3.05) is 4.90 Å². The molecule has 3 rings (SSSR count). The summed E-state index contributed by atoms with van der Waals surface area (Å²) in [6, 6.07) is 18.5. The molecule has 0 bridgehead atoms. The first kappa shape index (κ1) is 17.8. The number of nitro groups is 1. The first-order valence-electron chi connectivity index (χ1n) is 7.77. The highest BCUT2D eigenvalue weighted by molar-refractivity contribution is 9.10. The molecule has 1 aromatic heterocycles. The molecular formula is C19H14BrN3O3.